The third-order valence-corrected chi connectivity index (χ3v) is 5.83. The molecule has 1 heterocycles. The predicted octanol–water partition coefficient (Wildman–Crippen LogP) is 3.57. The lowest BCUT2D eigenvalue weighted by Crippen LogP contribution is -2.34. The monoisotopic (exact) mass is 374 g/mol. The number of benzene rings is 2. The van der Waals surface area contributed by atoms with Crippen molar-refractivity contribution < 1.29 is 18.0 Å². The van der Waals surface area contributed by atoms with E-state index in [1.165, 1.54) is 17.7 Å². The Morgan fingerprint density at radius 1 is 1.04 bits per heavy atom. The zero-order valence-electron chi connectivity index (χ0n) is 14.8. The second kappa shape index (κ2) is 7.35. The first-order valence-corrected chi connectivity index (χ1v) is 9.22. The van der Waals surface area contributed by atoms with Gasteiger partial charge in [-0.25, -0.2) is 13.2 Å². The Kier molecular flexibility index (Phi) is 4.91. The minimum absolute atomic E-state index is 0.215. The Morgan fingerprint density at radius 2 is 1.78 bits per heavy atom. The highest BCUT2D eigenvalue weighted by atomic mass is 19.1. The fourth-order valence-corrected chi connectivity index (χ4v) is 4.37. The molecule has 3 atom stereocenters. The van der Waals surface area contributed by atoms with Crippen LogP contribution in [-0.2, 0) is 0 Å². The van der Waals surface area contributed by atoms with E-state index in [4.69, 9.17) is 0 Å². The number of hydrogen-bond donors (Lipinski definition) is 1. The molecular weight excluding hydrogens is 353 g/mol. The van der Waals surface area contributed by atoms with Crippen molar-refractivity contribution in [2.45, 2.75) is 12.3 Å². The van der Waals surface area contributed by atoms with Gasteiger partial charge >= 0.3 is 0 Å². The number of rotatable bonds is 5. The van der Waals surface area contributed by atoms with Crippen molar-refractivity contribution in [2.24, 2.45) is 11.8 Å². The first kappa shape index (κ1) is 18.0. The number of carbonyl (C=O) groups is 1. The van der Waals surface area contributed by atoms with E-state index in [1.807, 2.05) is 12.1 Å². The molecule has 6 heteroatoms. The number of nitrogens with one attached hydrogen (secondary N) is 1. The van der Waals surface area contributed by atoms with Crippen LogP contribution in [0.15, 0.2) is 42.5 Å². The molecule has 1 saturated heterocycles. The molecule has 3 nitrogen and oxygen atoms in total. The lowest BCUT2D eigenvalue weighted by atomic mass is 9.64. The van der Waals surface area contributed by atoms with Crippen molar-refractivity contribution in [1.82, 2.24) is 10.2 Å². The van der Waals surface area contributed by atoms with Gasteiger partial charge in [-0.05, 0) is 60.1 Å². The van der Waals surface area contributed by atoms with E-state index in [0.717, 1.165) is 37.7 Å². The lowest BCUT2D eigenvalue weighted by Gasteiger charge is -2.40. The van der Waals surface area contributed by atoms with Gasteiger partial charge in [-0.1, -0.05) is 12.1 Å². The highest BCUT2D eigenvalue weighted by Gasteiger charge is 2.47. The average molecular weight is 374 g/mol. The summed E-state index contributed by atoms with van der Waals surface area (Å²) >= 11 is 0. The number of likely N-dealkylation sites (tertiary alicyclic amines) is 1. The quantitative estimate of drug-likeness (QED) is 0.868. The van der Waals surface area contributed by atoms with E-state index in [9.17, 15) is 18.0 Å². The highest BCUT2D eigenvalue weighted by Crippen LogP contribution is 2.51. The van der Waals surface area contributed by atoms with Gasteiger partial charge in [-0.15, -0.1) is 0 Å². The summed E-state index contributed by atoms with van der Waals surface area (Å²) in [4.78, 5) is 14.3. The molecule has 2 fully saturated rings. The van der Waals surface area contributed by atoms with E-state index < -0.39 is 17.5 Å². The molecule has 1 saturated carbocycles. The van der Waals surface area contributed by atoms with E-state index in [2.05, 4.69) is 10.2 Å². The Hall–Kier alpha value is -2.34. The number of fused-ring (bicyclic) bond motifs is 1. The third kappa shape index (κ3) is 3.72. The molecule has 27 heavy (non-hydrogen) atoms. The van der Waals surface area contributed by atoms with E-state index in [-0.39, 0.29) is 11.4 Å². The second-order valence-corrected chi connectivity index (χ2v) is 7.46. The molecule has 1 aliphatic carbocycles. The third-order valence-electron chi connectivity index (χ3n) is 5.83. The zero-order chi connectivity index (χ0) is 19.0. The van der Waals surface area contributed by atoms with Crippen LogP contribution in [0.25, 0.3) is 0 Å². The van der Waals surface area contributed by atoms with Crippen molar-refractivity contribution in [1.29, 1.82) is 0 Å². The molecule has 2 aliphatic rings. The Balaban J connectivity index is 1.27. The molecular formula is C21H21F3N2O. The van der Waals surface area contributed by atoms with Crippen LogP contribution >= 0.6 is 0 Å². The van der Waals surface area contributed by atoms with Crippen LogP contribution in [0.3, 0.4) is 0 Å². The average Bonchev–Trinajstić information content (AvgIpc) is 2.95. The Bertz CT molecular complexity index is 840. The number of amides is 1. The van der Waals surface area contributed by atoms with Gasteiger partial charge < -0.3 is 10.2 Å². The number of halogens is 3. The molecule has 0 aromatic heterocycles. The summed E-state index contributed by atoms with van der Waals surface area (Å²) in [5.74, 6) is -0.508. The molecule has 2 aromatic carbocycles. The van der Waals surface area contributed by atoms with Crippen molar-refractivity contribution in [3.05, 3.63) is 71.0 Å². The number of carbonyl (C=O) groups excluding carboxylic acids is 1. The Labute approximate surface area is 156 Å². The highest BCUT2D eigenvalue weighted by molar-refractivity contribution is 5.94. The molecule has 2 aromatic rings. The lowest BCUT2D eigenvalue weighted by molar-refractivity contribution is 0.0945. The van der Waals surface area contributed by atoms with E-state index >= 15 is 0 Å². The van der Waals surface area contributed by atoms with E-state index in [0.29, 0.717) is 30.8 Å². The minimum atomic E-state index is -0.727. The molecule has 1 aliphatic heterocycles. The van der Waals surface area contributed by atoms with Gasteiger partial charge in [0.25, 0.3) is 5.91 Å². The van der Waals surface area contributed by atoms with Gasteiger partial charge in [0.05, 0.1) is 5.56 Å². The maximum atomic E-state index is 13.6. The fourth-order valence-electron chi connectivity index (χ4n) is 4.37. The maximum Gasteiger partial charge on any atom is 0.254 e. The van der Waals surface area contributed by atoms with Crippen LogP contribution in [0.4, 0.5) is 13.2 Å². The van der Waals surface area contributed by atoms with Crippen LogP contribution in [-0.4, -0.2) is 37.0 Å². The molecule has 0 radical (unpaired) electrons. The predicted molar refractivity (Wildman–Crippen MR) is 95.9 cm³/mol. The van der Waals surface area contributed by atoms with Crippen LogP contribution < -0.4 is 5.32 Å². The molecule has 3 unspecified atom stereocenters. The van der Waals surface area contributed by atoms with Gasteiger partial charge in [-0.3, -0.25) is 4.79 Å². The van der Waals surface area contributed by atoms with Crippen LogP contribution in [0.5, 0.6) is 0 Å². The van der Waals surface area contributed by atoms with Crippen molar-refractivity contribution in [3.8, 4) is 0 Å². The Morgan fingerprint density at radius 3 is 2.56 bits per heavy atom. The first-order valence-electron chi connectivity index (χ1n) is 9.22. The summed E-state index contributed by atoms with van der Waals surface area (Å²) in [7, 11) is 0. The van der Waals surface area contributed by atoms with Crippen LogP contribution in [0, 0.1) is 29.3 Å². The summed E-state index contributed by atoms with van der Waals surface area (Å²) in [6.45, 7) is 2.98. The second-order valence-electron chi connectivity index (χ2n) is 7.46. The summed E-state index contributed by atoms with van der Waals surface area (Å²) in [6.07, 6.45) is 1.10. The van der Waals surface area contributed by atoms with Crippen LogP contribution in [0.1, 0.15) is 28.3 Å². The van der Waals surface area contributed by atoms with Gasteiger partial charge in [0.15, 0.2) is 0 Å². The van der Waals surface area contributed by atoms with Gasteiger partial charge in [0.2, 0.25) is 0 Å². The summed E-state index contributed by atoms with van der Waals surface area (Å²) in [5.41, 5.74) is 0.919. The standard InChI is InChI=1S/C21H21F3N2O/c22-15-3-1-13(2-4-15)17-9-14-11-26(12-19(14)17)8-7-25-21(27)18-10-16(23)5-6-20(18)24/h1-6,10,14,17,19H,7-9,11-12H2,(H,25,27). The molecule has 0 spiro atoms. The van der Waals surface area contributed by atoms with Gasteiger partial charge in [0, 0.05) is 26.2 Å². The fraction of sp³-hybridized carbons (Fsp3) is 0.381. The molecule has 142 valence electrons. The molecule has 0 bridgehead atoms. The largest absolute Gasteiger partial charge is 0.351 e. The number of hydrogen-bond acceptors (Lipinski definition) is 2. The topological polar surface area (TPSA) is 32.3 Å². The van der Waals surface area contributed by atoms with Crippen LogP contribution in [0.2, 0.25) is 0 Å². The summed E-state index contributed by atoms with van der Waals surface area (Å²) < 4.78 is 39.9. The summed E-state index contributed by atoms with van der Waals surface area (Å²) in [5, 5.41) is 2.66. The minimum Gasteiger partial charge on any atom is -0.351 e. The smallest absolute Gasteiger partial charge is 0.254 e. The normalized spacial score (nSPS) is 24.3. The first-order chi connectivity index (χ1) is 13.0. The molecule has 1 amide bonds. The van der Waals surface area contributed by atoms with E-state index in [1.54, 1.807) is 0 Å². The van der Waals surface area contributed by atoms with Crippen molar-refractivity contribution in [3.63, 3.8) is 0 Å². The summed E-state index contributed by atoms with van der Waals surface area (Å²) in [6, 6.07) is 9.61. The van der Waals surface area contributed by atoms with Crippen molar-refractivity contribution in [2.75, 3.05) is 26.2 Å². The van der Waals surface area contributed by atoms with Gasteiger partial charge in [0.1, 0.15) is 17.5 Å². The zero-order valence-corrected chi connectivity index (χ0v) is 14.8. The molecule has 1 N–H and O–H groups in total. The molecule has 4 rings (SSSR count). The van der Waals surface area contributed by atoms with Gasteiger partial charge in [-0.2, -0.15) is 0 Å². The number of nitrogens with zero attached hydrogens (tertiary/aromatic N) is 1. The maximum absolute atomic E-state index is 13.6. The van der Waals surface area contributed by atoms with Crippen molar-refractivity contribution >= 4 is 5.91 Å². The SMILES string of the molecule is O=C(NCCN1CC2CC(c3ccc(F)cc3)C2C1)c1cc(F)ccc1F.